The number of nitrogens with zero attached hydrogens (tertiary/aromatic N) is 1. The van der Waals surface area contributed by atoms with E-state index in [4.69, 9.17) is 14.4 Å². The minimum atomic E-state index is -1.57. The molecule has 0 amide bonds. The van der Waals surface area contributed by atoms with E-state index in [0.29, 0.717) is 12.5 Å². The van der Waals surface area contributed by atoms with Crippen LogP contribution in [0, 0.1) is 17.3 Å². The van der Waals surface area contributed by atoms with Crippen molar-refractivity contribution in [2.45, 2.75) is 77.6 Å². The number of hydrogen-bond acceptors (Lipinski definition) is 3. The quantitative estimate of drug-likeness (QED) is 0.355. The smallest absolute Gasteiger partial charge is 0.242 e. The van der Waals surface area contributed by atoms with Crippen LogP contribution in [-0.2, 0) is 17.9 Å². The van der Waals surface area contributed by atoms with Gasteiger partial charge in [-0.2, -0.15) is 0 Å². The Hall–Kier alpha value is -2.07. The van der Waals surface area contributed by atoms with Crippen molar-refractivity contribution in [3.05, 3.63) is 65.2 Å². The van der Waals surface area contributed by atoms with E-state index >= 15 is 0 Å². The van der Waals surface area contributed by atoms with Crippen LogP contribution in [0.15, 0.2) is 53.7 Å². The number of fused-ring (bicyclic) bond motifs is 5. The average molecular weight is 448 g/mol. The first-order chi connectivity index (χ1) is 15.3. The predicted molar refractivity (Wildman–Crippen MR) is 134 cm³/mol. The van der Waals surface area contributed by atoms with Gasteiger partial charge in [-0.25, -0.2) is 0 Å². The van der Waals surface area contributed by atoms with Crippen LogP contribution in [-0.4, -0.2) is 14.0 Å². The third-order valence-electron chi connectivity index (χ3n) is 8.11. The maximum absolute atomic E-state index is 6.28. The van der Waals surface area contributed by atoms with Crippen LogP contribution in [0.2, 0.25) is 19.6 Å². The molecule has 0 radical (unpaired) electrons. The molecule has 2 aromatic carbocycles. The molecule has 0 heterocycles. The predicted octanol–water partition coefficient (Wildman–Crippen LogP) is 7.33. The Morgan fingerprint density at radius 3 is 2.59 bits per heavy atom. The van der Waals surface area contributed by atoms with Crippen molar-refractivity contribution in [2.24, 2.45) is 22.4 Å². The molecule has 170 valence electrons. The molecule has 2 aromatic rings. The third-order valence-corrected chi connectivity index (χ3v) is 8.96. The van der Waals surface area contributed by atoms with E-state index in [0.717, 1.165) is 24.0 Å². The number of oxime groups is 1. The molecule has 4 atom stereocenters. The standard InChI is InChI=1S/C28H37NO2Si/c1-28-17-16-24-23-13-11-22(31-32(2,3)4)18-21(23)10-12-25(24)26(28)14-15-27(28)29-30-19-20-8-6-5-7-9-20/h5-9,11,13,18,24-26H,10,12,14-17,19H2,1-4H3/t24-,25-,26+,28+/m1/s1. The van der Waals surface area contributed by atoms with Gasteiger partial charge in [-0.3, -0.25) is 0 Å². The maximum atomic E-state index is 6.28. The molecule has 0 spiro atoms. The van der Waals surface area contributed by atoms with Gasteiger partial charge in [-0.15, -0.1) is 0 Å². The van der Waals surface area contributed by atoms with Gasteiger partial charge in [-0.05, 0) is 105 Å². The zero-order valence-electron chi connectivity index (χ0n) is 20.1. The zero-order valence-corrected chi connectivity index (χ0v) is 21.1. The summed E-state index contributed by atoms with van der Waals surface area (Å²) in [5.74, 6) is 3.27. The van der Waals surface area contributed by atoms with Crippen LogP contribution >= 0.6 is 0 Å². The molecule has 0 unspecified atom stereocenters. The molecule has 0 saturated heterocycles. The monoisotopic (exact) mass is 447 g/mol. The van der Waals surface area contributed by atoms with Crippen molar-refractivity contribution >= 4 is 14.0 Å². The Morgan fingerprint density at radius 1 is 1.00 bits per heavy atom. The Morgan fingerprint density at radius 2 is 1.81 bits per heavy atom. The minimum Gasteiger partial charge on any atom is -0.544 e. The van der Waals surface area contributed by atoms with E-state index in [-0.39, 0.29) is 5.41 Å². The van der Waals surface area contributed by atoms with E-state index in [1.165, 1.54) is 48.9 Å². The lowest BCUT2D eigenvalue weighted by Gasteiger charge is -2.49. The van der Waals surface area contributed by atoms with Gasteiger partial charge >= 0.3 is 0 Å². The second-order valence-corrected chi connectivity index (χ2v) is 15.7. The number of aryl methyl sites for hydroxylation is 1. The van der Waals surface area contributed by atoms with Crippen molar-refractivity contribution in [3.63, 3.8) is 0 Å². The third kappa shape index (κ3) is 4.14. The summed E-state index contributed by atoms with van der Waals surface area (Å²) < 4.78 is 6.28. The van der Waals surface area contributed by atoms with E-state index in [1.54, 1.807) is 5.56 Å². The van der Waals surface area contributed by atoms with Gasteiger partial charge in [0, 0.05) is 5.41 Å². The Kier molecular flexibility index (Phi) is 5.69. The van der Waals surface area contributed by atoms with Gasteiger partial charge in [0.1, 0.15) is 12.4 Å². The van der Waals surface area contributed by atoms with Gasteiger partial charge in [0.05, 0.1) is 5.71 Å². The fourth-order valence-electron chi connectivity index (χ4n) is 6.67. The van der Waals surface area contributed by atoms with Gasteiger partial charge in [0.25, 0.3) is 0 Å². The van der Waals surface area contributed by atoms with Crippen LogP contribution in [0.1, 0.15) is 61.6 Å². The van der Waals surface area contributed by atoms with Crippen molar-refractivity contribution in [1.29, 1.82) is 0 Å². The first kappa shape index (κ1) is 21.8. The summed E-state index contributed by atoms with van der Waals surface area (Å²) in [6.07, 6.45) is 7.32. The van der Waals surface area contributed by atoms with Gasteiger partial charge in [-0.1, -0.05) is 48.5 Å². The summed E-state index contributed by atoms with van der Waals surface area (Å²) in [5.41, 5.74) is 5.82. The molecule has 0 bridgehead atoms. The van der Waals surface area contributed by atoms with Crippen LogP contribution in [0.4, 0.5) is 0 Å². The molecule has 3 nitrogen and oxygen atoms in total. The Balaban J connectivity index is 1.31. The highest BCUT2D eigenvalue weighted by molar-refractivity contribution is 6.70. The van der Waals surface area contributed by atoms with Gasteiger partial charge in [0.15, 0.2) is 0 Å². The topological polar surface area (TPSA) is 30.8 Å². The Bertz CT molecular complexity index is 996. The van der Waals surface area contributed by atoms with Crippen LogP contribution in [0.25, 0.3) is 0 Å². The second-order valence-electron chi connectivity index (χ2n) is 11.3. The normalized spacial score (nSPS) is 30.4. The van der Waals surface area contributed by atoms with Crippen LogP contribution < -0.4 is 4.43 Å². The van der Waals surface area contributed by atoms with E-state index in [1.807, 2.05) is 6.07 Å². The van der Waals surface area contributed by atoms with E-state index in [2.05, 4.69) is 69.0 Å². The Labute approximate surface area is 194 Å². The maximum Gasteiger partial charge on any atom is 0.242 e. The average Bonchev–Trinajstić information content (AvgIpc) is 3.09. The number of rotatable bonds is 5. The highest BCUT2D eigenvalue weighted by atomic mass is 28.4. The number of benzene rings is 2. The van der Waals surface area contributed by atoms with Gasteiger partial charge in [0.2, 0.25) is 8.32 Å². The largest absolute Gasteiger partial charge is 0.544 e. The lowest BCUT2D eigenvalue weighted by atomic mass is 9.55. The summed E-state index contributed by atoms with van der Waals surface area (Å²) in [7, 11) is -1.57. The van der Waals surface area contributed by atoms with Crippen LogP contribution in [0.3, 0.4) is 0 Å². The van der Waals surface area contributed by atoms with Gasteiger partial charge < -0.3 is 9.26 Å². The highest BCUT2D eigenvalue weighted by Gasteiger charge is 2.53. The molecular weight excluding hydrogens is 410 g/mol. The minimum absolute atomic E-state index is 0.205. The molecule has 0 N–H and O–H groups in total. The molecule has 3 aliphatic carbocycles. The van der Waals surface area contributed by atoms with Crippen LogP contribution in [0.5, 0.6) is 5.75 Å². The molecule has 5 rings (SSSR count). The molecule has 2 saturated carbocycles. The molecule has 32 heavy (non-hydrogen) atoms. The molecule has 3 aliphatic rings. The summed E-state index contributed by atoms with van der Waals surface area (Å²) in [5, 5.41) is 4.71. The molecule has 0 aromatic heterocycles. The summed E-state index contributed by atoms with van der Waals surface area (Å²) >= 11 is 0. The fraction of sp³-hybridized carbons (Fsp3) is 0.536. The first-order valence-electron chi connectivity index (χ1n) is 12.4. The zero-order chi connectivity index (χ0) is 22.3. The summed E-state index contributed by atoms with van der Waals surface area (Å²) in [6.45, 7) is 9.80. The molecular formula is C28H37NO2Si. The first-order valence-corrected chi connectivity index (χ1v) is 15.8. The second kappa shape index (κ2) is 8.37. The highest BCUT2D eigenvalue weighted by Crippen LogP contribution is 2.60. The number of hydrogen-bond donors (Lipinski definition) is 0. The lowest BCUT2D eigenvalue weighted by molar-refractivity contribution is 0.0870. The van der Waals surface area contributed by atoms with Crippen molar-refractivity contribution in [2.75, 3.05) is 0 Å². The van der Waals surface area contributed by atoms with Crippen molar-refractivity contribution < 1.29 is 9.26 Å². The SMILES string of the molecule is C[C@]12CC[C@@H]3c4ccc(O[Si](C)(C)C)cc4CC[C@H]3[C@@H]1CCC2=NOCc1ccccc1. The molecule has 0 aliphatic heterocycles. The van der Waals surface area contributed by atoms with Crippen molar-refractivity contribution in [3.8, 4) is 5.75 Å². The van der Waals surface area contributed by atoms with Crippen molar-refractivity contribution in [1.82, 2.24) is 0 Å². The molecule has 4 heteroatoms. The lowest BCUT2D eigenvalue weighted by Crippen LogP contribution is -2.42. The molecule has 2 fully saturated rings. The van der Waals surface area contributed by atoms with E-state index in [9.17, 15) is 0 Å². The van der Waals surface area contributed by atoms with E-state index < -0.39 is 8.32 Å². The summed E-state index contributed by atoms with van der Waals surface area (Å²) in [6, 6.07) is 17.3. The summed E-state index contributed by atoms with van der Waals surface area (Å²) in [4.78, 5) is 5.84. The fourth-order valence-corrected chi connectivity index (χ4v) is 7.51.